The molecule has 0 spiro atoms. The van der Waals surface area contributed by atoms with E-state index < -0.39 is 17.8 Å². The summed E-state index contributed by atoms with van der Waals surface area (Å²) in [5, 5.41) is 14.0. The molecule has 206 valence electrons. The number of aromatic nitrogens is 1. The highest BCUT2D eigenvalue weighted by Crippen LogP contribution is 2.43. The molecule has 3 aliphatic rings. The Kier molecular flexibility index (Phi) is 8.53. The summed E-state index contributed by atoms with van der Waals surface area (Å²) in [6, 6.07) is 7.04. The second-order valence-electron chi connectivity index (χ2n) is 10.9. The van der Waals surface area contributed by atoms with E-state index in [4.69, 9.17) is 16.3 Å². The minimum Gasteiger partial charge on any atom is -0.387 e. The average molecular weight is 545 g/mol. The molecular weight excluding hydrogens is 507 g/mol. The zero-order valence-electron chi connectivity index (χ0n) is 22.2. The van der Waals surface area contributed by atoms with Crippen LogP contribution in [0.2, 0.25) is 5.02 Å². The Morgan fingerprint density at radius 2 is 1.95 bits per heavy atom. The molecule has 2 heterocycles. The summed E-state index contributed by atoms with van der Waals surface area (Å²) in [4.78, 5) is 22.5. The van der Waals surface area contributed by atoms with Gasteiger partial charge in [-0.2, -0.15) is 0 Å². The monoisotopic (exact) mass is 544 g/mol. The number of aliphatic hydroxyl groups excluding tert-OH is 1. The number of halogens is 2. The molecule has 1 aromatic heterocycles. The summed E-state index contributed by atoms with van der Waals surface area (Å²) < 4.78 is 19.9. The molecule has 3 atom stereocenters. The van der Waals surface area contributed by atoms with Crippen molar-refractivity contribution in [3.8, 4) is 0 Å². The maximum absolute atomic E-state index is 14.4. The predicted octanol–water partition coefficient (Wildman–Crippen LogP) is 4.39. The van der Waals surface area contributed by atoms with E-state index in [0.717, 1.165) is 42.6 Å². The molecule has 1 saturated carbocycles. The molecule has 7 nitrogen and oxygen atoms in total. The standard InChI is InChI=1S/C29H38ClFN4O3/c1-18-15-26(36)28-27(18)25(9-10-32-28)34-11-13-35(14-12-34)29(37)22(19-3-8-23(30)24(31)16-19)17-33-20-4-6-21(38-2)7-5-20/h3,8-10,16,18,20-22,26,33,36H,4-7,11-15,17H2,1-2H3/t18-,20?,21?,22-,26-/m1/s1. The molecular formula is C29H38ClFN4O3. The Labute approximate surface area is 229 Å². The highest BCUT2D eigenvalue weighted by Gasteiger charge is 2.34. The number of nitrogens with one attached hydrogen (secondary N) is 1. The maximum atomic E-state index is 14.4. The van der Waals surface area contributed by atoms with Gasteiger partial charge in [-0.25, -0.2) is 4.39 Å². The molecule has 2 N–H and O–H groups in total. The van der Waals surface area contributed by atoms with Gasteiger partial charge in [0.15, 0.2) is 0 Å². The van der Waals surface area contributed by atoms with Gasteiger partial charge in [0.1, 0.15) is 5.82 Å². The Morgan fingerprint density at radius 1 is 1.21 bits per heavy atom. The SMILES string of the molecule is COC1CCC(NC[C@@H](C(=O)N2CCN(c3ccnc4c3[C@H](C)C[C@H]4O)CC2)c2ccc(Cl)c(F)c2)CC1. The van der Waals surface area contributed by atoms with Gasteiger partial charge in [0.05, 0.1) is 28.8 Å². The van der Waals surface area contributed by atoms with Crippen molar-refractivity contribution in [2.24, 2.45) is 0 Å². The van der Waals surface area contributed by atoms with Gasteiger partial charge in [0.25, 0.3) is 0 Å². The van der Waals surface area contributed by atoms with Crippen molar-refractivity contribution in [3.63, 3.8) is 0 Å². The summed E-state index contributed by atoms with van der Waals surface area (Å²) >= 11 is 5.95. The molecule has 0 bridgehead atoms. The minimum absolute atomic E-state index is 0.00759. The lowest BCUT2D eigenvalue weighted by molar-refractivity contribution is -0.133. The first-order valence-corrected chi connectivity index (χ1v) is 14.1. The van der Waals surface area contributed by atoms with Crippen molar-refractivity contribution >= 4 is 23.2 Å². The Morgan fingerprint density at radius 3 is 2.63 bits per heavy atom. The number of carbonyl (C=O) groups is 1. The molecule has 2 fully saturated rings. The van der Waals surface area contributed by atoms with Gasteiger partial charge in [-0.15, -0.1) is 0 Å². The molecule has 1 saturated heterocycles. The first kappa shape index (κ1) is 27.3. The van der Waals surface area contributed by atoms with Crippen molar-refractivity contribution in [2.75, 3.05) is 44.7 Å². The fourth-order valence-corrected chi connectivity index (χ4v) is 6.46. The zero-order valence-corrected chi connectivity index (χ0v) is 23.0. The first-order chi connectivity index (χ1) is 18.4. The van der Waals surface area contributed by atoms with Crippen LogP contribution in [0.1, 0.15) is 73.8 Å². The molecule has 38 heavy (non-hydrogen) atoms. The predicted molar refractivity (Wildman–Crippen MR) is 146 cm³/mol. The molecule has 1 amide bonds. The van der Waals surface area contributed by atoms with Crippen molar-refractivity contribution in [2.45, 2.75) is 69.1 Å². The average Bonchev–Trinajstić information content (AvgIpc) is 3.24. The second-order valence-corrected chi connectivity index (χ2v) is 11.3. The van der Waals surface area contributed by atoms with Gasteiger partial charge < -0.3 is 25.0 Å². The first-order valence-electron chi connectivity index (χ1n) is 13.8. The second kappa shape index (κ2) is 11.9. The molecule has 1 aliphatic heterocycles. The summed E-state index contributed by atoms with van der Waals surface area (Å²) in [5.74, 6) is -0.741. The number of amides is 1. The number of hydrogen-bond acceptors (Lipinski definition) is 6. The van der Waals surface area contributed by atoms with Crippen LogP contribution in [0.5, 0.6) is 0 Å². The van der Waals surface area contributed by atoms with E-state index in [0.29, 0.717) is 56.9 Å². The Bertz CT molecular complexity index is 1130. The number of rotatable bonds is 7. The number of carbonyl (C=O) groups excluding carboxylic acids is 1. The van der Waals surface area contributed by atoms with E-state index >= 15 is 0 Å². The van der Waals surface area contributed by atoms with Gasteiger partial charge in [-0.3, -0.25) is 9.78 Å². The van der Waals surface area contributed by atoms with Crippen LogP contribution in [0, 0.1) is 5.82 Å². The van der Waals surface area contributed by atoms with Gasteiger partial charge in [-0.1, -0.05) is 24.6 Å². The Balaban J connectivity index is 1.27. The highest BCUT2D eigenvalue weighted by molar-refractivity contribution is 6.30. The number of fused-ring (bicyclic) bond motifs is 1. The molecule has 9 heteroatoms. The summed E-state index contributed by atoms with van der Waals surface area (Å²) in [7, 11) is 1.76. The lowest BCUT2D eigenvalue weighted by atomic mass is 9.91. The number of pyridine rings is 1. The third-order valence-corrected chi connectivity index (χ3v) is 8.88. The molecule has 2 aliphatic carbocycles. The van der Waals surface area contributed by atoms with E-state index in [1.165, 1.54) is 12.1 Å². The number of anilines is 1. The number of hydrogen-bond donors (Lipinski definition) is 2. The van der Waals surface area contributed by atoms with Crippen molar-refractivity contribution in [1.29, 1.82) is 0 Å². The fourth-order valence-electron chi connectivity index (χ4n) is 6.34. The van der Waals surface area contributed by atoms with Gasteiger partial charge in [0.2, 0.25) is 5.91 Å². The number of aliphatic hydroxyl groups is 1. The topological polar surface area (TPSA) is 77.9 Å². The van der Waals surface area contributed by atoms with E-state index in [1.807, 2.05) is 11.0 Å². The lowest BCUT2D eigenvalue weighted by Crippen LogP contribution is -2.51. The van der Waals surface area contributed by atoms with Gasteiger partial charge in [-0.05, 0) is 61.8 Å². The van der Waals surface area contributed by atoms with Crippen LogP contribution in [-0.2, 0) is 9.53 Å². The fraction of sp³-hybridized carbons (Fsp3) is 0.586. The minimum atomic E-state index is -0.514. The largest absolute Gasteiger partial charge is 0.387 e. The molecule has 0 radical (unpaired) electrons. The number of piperazine rings is 1. The van der Waals surface area contributed by atoms with Gasteiger partial charge in [0, 0.05) is 63.3 Å². The van der Waals surface area contributed by atoms with Crippen LogP contribution in [0.25, 0.3) is 0 Å². The van der Waals surface area contributed by atoms with E-state index in [1.54, 1.807) is 19.4 Å². The highest BCUT2D eigenvalue weighted by atomic mass is 35.5. The smallest absolute Gasteiger partial charge is 0.231 e. The van der Waals surface area contributed by atoms with E-state index in [-0.39, 0.29) is 16.8 Å². The van der Waals surface area contributed by atoms with Crippen molar-refractivity contribution in [1.82, 2.24) is 15.2 Å². The number of benzene rings is 1. The third kappa shape index (κ3) is 5.69. The van der Waals surface area contributed by atoms with Gasteiger partial charge >= 0.3 is 0 Å². The maximum Gasteiger partial charge on any atom is 0.231 e. The van der Waals surface area contributed by atoms with E-state index in [2.05, 4.69) is 22.1 Å². The van der Waals surface area contributed by atoms with Crippen LogP contribution in [0.3, 0.4) is 0 Å². The third-order valence-electron chi connectivity index (χ3n) is 8.58. The lowest BCUT2D eigenvalue weighted by Gasteiger charge is -2.39. The quantitative estimate of drug-likeness (QED) is 0.538. The van der Waals surface area contributed by atoms with E-state index in [9.17, 15) is 14.3 Å². The number of ether oxygens (including phenoxy) is 1. The summed E-state index contributed by atoms with van der Waals surface area (Å²) in [6.45, 7) is 5.14. The summed E-state index contributed by atoms with van der Waals surface area (Å²) in [6.07, 6.45) is 6.24. The van der Waals surface area contributed by atoms with Crippen molar-refractivity contribution < 1.29 is 19.0 Å². The Hall–Kier alpha value is -2.26. The van der Waals surface area contributed by atoms with Crippen LogP contribution in [0.4, 0.5) is 10.1 Å². The van der Waals surface area contributed by atoms with Crippen LogP contribution in [0.15, 0.2) is 30.5 Å². The normalized spacial score (nSPS) is 26.3. The zero-order chi connectivity index (χ0) is 26.8. The van der Waals surface area contributed by atoms with Crippen molar-refractivity contribution in [3.05, 3.63) is 58.1 Å². The van der Waals surface area contributed by atoms with Crippen LogP contribution in [-0.4, -0.2) is 72.9 Å². The number of methoxy groups -OCH3 is 1. The van der Waals surface area contributed by atoms with Crippen LogP contribution < -0.4 is 10.2 Å². The molecule has 1 aromatic carbocycles. The molecule has 0 unspecified atom stereocenters. The summed E-state index contributed by atoms with van der Waals surface area (Å²) in [5.41, 5.74) is 3.66. The molecule has 5 rings (SSSR count). The molecule has 2 aromatic rings. The van der Waals surface area contributed by atoms with Crippen LogP contribution >= 0.6 is 11.6 Å². The number of nitrogens with zero attached hydrogens (tertiary/aromatic N) is 3.